The number of hydrogen-bond donors (Lipinski definition) is 1. The van der Waals surface area contributed by atoms with E-state index in [9.17, 15) is 4.79 Å². The molecule has 2 rings (SSSR count). The maximum atomic E-state index is 12.0. The fourth-order valence-corrected chi connectivity index (χ4v) is 1.54. The molecule has 1 aromatic carbocycles. The molecule has 19 heavy (non-hydrogen) atoms. The summed E-state index contributed by atoms with van der Waals surface area (Å²) < 4.78 is 5.63. The minimum absolute atomic E-state index is 0.252. The normalized spacial score (nSPS) is 11.6. The van der Waals surface area contributed by atoms with Gasteiger partial charge in [-0.25, -0.2) is 9.97 Å². The number of rotatable bonds is 5. The molecule has 1 aromatic heterocycles. The second kappa shape index (κ2) is 6.49. The lowest BCUT2D eigenvalue weighted by atomic mass is 10.2. The number of benzene rings is 1. The van der Waals surface area contributed by atoms with E-state index in [1.54, 1.807) is 18.5 Å². The Kier molecular flexibility index (Phi) is 4.44. The van der Waals surface area contributed by atoms with Gasteiger partial charge in [0, 0.05) is 12.4 Å². The van der Waals surface area contributed by atoms with Crippen LogP contribution >= 0.6 is 0 Å². The number of para-hydroxylation sites is 1. The first-order valence-corrected chi connectivity index (χ1v) is 6.09. The molecule has 5 heteroatoms. The first kappa shape index (κ1) is 13.0. The van der Waals surface area contributed by atoms with Crippen LogP contribution in [0.1, 0.15) is 13.3 Å². The van der Waals surface area contributed by atoms with Crippen LogP contribution in [0.25, 0.3) is 0 Å². The Morgan fingerprint density at radius 3 is 2.53 bits per heavy atom. The number of amides is 1. The van der Waals surface area contributed by atoms with Crippen molar-refractivity contribution in [3.63, 3.8) is 0 Å². The highest BCUT2D eigenvalue weighted by Crippen LogP contribution is 2.13. The molecule has 5 nitrogen and oxygen atoms in total. The number of ether oxygens (including phenoxy) is 1. The zero-order valence-corrected chi connectivity index (χ0v) is 10.6. The number of carbonyl (C=O) groups is 1. The van der Waals surface area contributed by atoms with Gasteiger partial charge in [0.1, 0.15) is 5.75 Å². The average molecular weight is 257 g/mol. The molecule has 0 aliphatic carbocycles. The van der Waals surface area contributed by atoms with E-state index in [0.29, 0.717) is 12.2 Å². The SMILES string of the molecule is CC[C@@H](Oc1ccccc1)C(=O)Nc1ncccn1. The van der Waals surface area contributed by atoms with Gasteiger partial charge in [0.05, 0.1) is 0 Å². The molecule has 0 bridgehead atoms. The van der Waals surface area contributed by atoms with E-state index in [0.717, 1.165) is 0 Å². The Morgan fingerprint density at radius 2 is 1.89 bits per heavy atom. The van der Waals surface area contributed by atoms with Crippen molar-refractivity contribution < 1.29 is 9.53 Å². The van der Waals surface area contributed by atoms with Crippen LogP contribution in [0.15, 0.2) is 48.8 Å². The molecule has 0 spiro atoms. The van der Waals surface area contributed by atoms with Crippen molar-refractivity contribution in [2.45, 2.75) is 19.4 Å². The summed E-state index contributed by atoms with van der Waals surface area (Å²) in [4.78, 5) is 19.9. The quantitative estimate of drug-likeness (QED) is 0.892. The van der Waals surface area contributed by atoms with Crippen molar-refractivity contribution in [2.75, 3.05) is 5.32 Å². The monoisotopic (exact) mass is 257 g/mol. The Morgan fingerprint density at radius 1 is 1.21 bits per heavy atom. The van der Waals surface area contributed by atoms with Crippen molar-refractivity contribution in [3.05, 3.63) is 48.8 Å². The third-order valence-corrected chi connectivity index (χ3v) is 2.49. The molecule has 0 saturated carbocycles. The van der Waals surface area contributed by atoms with E-state index in [2.05, 4.69) is 15.3 Å². The van der Waals surface area contributed by atoms with Crippen molar-refractivity contribution in [1.82, 2.24) is 9.97 Å². The molecule has 0 aliphatic rings. The first-order valence-electron chi connectivity index (χ1n) is 6.09. The van der Waals surface area contributed by atoms with E-state index >= 15 is 0 Å². The minimum atomic E-state index is -0.564. The topological polar surface area (TPSA) is 64.1 Å². The van der Waals surface area contributed by atoms with Crippen LogP contribution in [0.3, 0.4) is 0 Å². The van der Waals surface area contributed by atoms with Gasteiger partial charge in [0.2, 0.25) is 5.95 Å². The van der Waals surface area contributed by atoms with E-state index < -0.39 is 6.10 Å². The molecule has 0 aliphatic heterocycles. The Balaban J connectivity index is 2.00. The molecule has 0 saturated heterocycles. The van der Waals surface area contributed by atoms with Gasteiger partial charge in [0.25, 0.3) is 5.91 Å². The zero-order valence-electron chi connectivity index (χ0n) is 10.6. The Hall–Kier alpha value is -2.43. The number of anilines is 1. The average Bonchev–Trinajstić information content (AvgIpc) is 2.47. The van der Waals surface area contributed by atoms with Crippen LogP contribution in [0.4, 0.5) is 5.95 Å². The maximum absolute atomic E-state index is 12.0. The molecule has 2 aromatic rings. The molecule has 1 heterocycles. The lowest BCUT2D eigenvalue weighted by Gasteiger charge is -2.16. The molecule has 1 atom stereocenters. The summed E-state index contributed by atoms with van der Waals surface area (Å²) in [5, 5.41) is 2.63. The van der Waals surface area contributed by atoms with Gasteiger partial charge in [-0.3, -0.25) is 10.1 Å². The predicted molar refractivity (Wildman–Crippen MR) is 71.8 cm³/mol. The minimum Gasteiger partial charge on any atom is -0.481 e. The van der Waals surface area contributed by atoms with Crippen LogP contribution in [0.2, 0.25) is 0 Å². The third kappa shape index (κ3) is 3.77. The van der Waals surface area contributed by atoms with Gasteiger partial charge in [-0.1, -0.05) is 25.1 Å². The number of hydrogen-bond acceptors (Lipinski definition) is 4. The summed E-state index contributed by atoms with van der Waals surface area (Å²) in [6.07, 6.45) is 3.14. The van der Waals surface area contributed by atoms with Crippen LogP contribution in [0, 0.1) is 0 Å². The number of aromatic nitrogens is 2. The summed E-state index contributed by atoms with van der Waals surface area (Å²) in [5.41, 5.74) is 0. The van der Waals surface area contributed by atoms with Crippen LogP contribution in [-0.2, 0) is 4.79 Å². The largest absolute Gasteiger partial charge is 0.481 e. The van der Waals surface area contributed by atoms with Crippen molar-refractivity contribution in [1.29, 1.82) is 0 Å². The third-order valence-electron chi connectivity index (χ3n) is 2.49. The summed E-state index contributed by atoms with van der Waals surface area (Å²) in [5.74, 6) is 0.693. The molecular formula is C14H15N3O2. The fourth-order valence-electron chi connectivity index (χ4n) is 1.54. The summed E-state index contributed by atoms with van der Waals surface area (Å²) in [6, 6.07) is 10.9. The van der Waals surface area contributed by atoms with Gasteiger partial charge in [-0.15, -0.1) is 0 Å². The summed E-state index contributed by atoms with van der Waals surface area (Å²) in [7, 11) is 0. The van der Waals surface area contributed by atoms with E-state index in [-0.39, 0.29) is 11.9 Å². The second-order valence-corrected chi connectivity index (χ2v) is 3.89. The first-order chi connectivity index (χ1) is 9.29. The lowest BCUT2D eigenvalue weighted by Crippen LogP contribution is -2.32. The van der Waals surface area contributed by atoms with Gasteiger partial charge in [-0.2, -0.15) is 0 Å². The van der Waals surface area contributed by atoms with E-state index in [1.165, 1.54) is 0 Å². The number of carbonyl (C=O) groups excluding carboxylic acids is 1. The lowest BCUT2D eigenvalue weighted by molar-refractivity contribution is -0.122. The maximum Gasteiger partial charge on any atom is 0.267 e. The zero-order chi connectivity index (χ0) is 13.5. The van der Waals surface area contributed by atoms with E-state index in [1.807, 2.05) is 37.3 Å². The molecule has 0 fully saturated rings. The van der Waals surface area contributed by atoms with E-state index in [4.69, 9.17) is 4.74 Å². The van der Waals surface area contributed by atoms with Gasteiger partial charge in [-0.05, 0) is 24.6 Å². The second-order valence-electron chi connectivity index (χ2n) is 3.89. The predicted octanol–water partition coefficient (Wildman–Crippen LogP) is 2.27. The summed E-state index contributed by atoms with van der Waals surface area (Å²) in [6.45, 7) is 1.89. The molecule has 1 N–H and O–H groups in total. The standard InChI is InChI=1S/C14H15N3O2/c1-2-12(19-11-7-4-3-5-8-11)13(18)17-14-15-9-6-10-16-14/h3-10,12H,2H2,1H3,(H,15,16,17,18)/t12-/m1/s1. The van der Waals surface area contributed by atoms with Crippen LogP contribution < -0.4 is 10.1 Å². The molecule has 1 amide bonds. The summed E-state index contributed by atoms with van der Waals surface area (Å²) >= 11 is 0. The number of nitrogens with zero attached hydrogens (tertiary/aromatic N) is 2. The molecular weight excluding hydrogens is 242 g/mol. The van der Waals surface area contributed by atoms with Crippen molar-refractivity contribution in [3.8, 4) is 5.75 Å². The molecule has 0 radical (unpaired) electrons. The van der Waals surface area contributed by atoms with Crippen molar-refractivity contribution >= 4 is 11.9 Å². The Labute approximate surface area is 111 Å². The Bertz CT molecular complexity index is 517. The van der Waals surface area contributed by atoms with Gasteiger partial charge >= 0.3 is 0 Å². The molecule has 0 unspecified atom stereocenters. The van der Waals surface area contributed by atoms with Gasteiger partial charge < -0.3 is 4.74 Å². The highest BCUT2D eigenvalue weighted by molar-refractivity contribution is 5.92. The fraction of sp³-hybridized carbons (Fsp3) is 0.214. The highest BCUT2D eigenvalue weighted by atomic mass is 16.5. The highest BCUT2D eigenvalue weighted by Gasteiger charge is 2.19. The van der Waals surface area contributed by atoms with Gasteiger partial charge in [0.15, 0.2) is 6.10 Å². The van der Waals surface area contributed by atoms with Crippen LogP contribution in [-0.4, -0.2) is 22.0 Å². The number of nitrogens with one attached hydrogen (secondary N) is 1. The molecule has 98 valence electrons. The van der Waals surface area contributed by atoms with Crippen LogP contribution in [0.5, 0.6) is 5.75 Å². The smallest absolute Gasteiger partial charge is 0.267 e. The van der Waals surface area contributed by atoms with Crippen molar-refractivity contribution in [2.24, 2.45) is 0 Å².